The van der Waals surface area contributed by atoms with Gasteiger partial charge in [0.1, 0.15) is 11.6 Å². The molecule has 0 spiro atoms. The van der Waals surface area contributed by atoms with Crippen molar-refractivity contribution in [3.8, 4) is 17.6 Å². The molecule has 21 heavy (non-hydrogen) atoms. The van der Waals surface area contributed by atoms with Crippen LogP contribution in [-0.4, -0.2) is 20.0 Å². The molecular weight excluding hydrogens is 286 g/mol. The van der Waals surface area contributed by atoms with Crippen molar-refractivity contribution < 1.29 is 14.3 Å². The fraction of sp³-hybridized carbons (Fsp3) is 0.125. The number of methoxy groups -OCH3 is 2. The van der Waals surface area contributed by atoms with Gasteiger partial charge in [0.15, 0.2) is 11.5 Å². The van der Waals surface area contributed by atoms with Crippen LogP contribution in [0.3, 0.4) is 0 Å². The number of thiophene rings is 1. The molecule has 0 aliphatic carbocycles. The first kappa shape index (κ1) is 14.8. The van der Waals surface area contributed by atoms with Crippen molar-refractivity contribution in [2.75, 3.05) is 14.2 Å². The fourth-order valence-electron chi connectivity index (χ4n) is 1.88. The SMILES string of the molecule is COc1cccc(C=C(C#N)C(=O)c2ccsc2)c1OC. The number of hydrogen-bond acceptors (Lipinski definition) is 5. The lowest BCUT2D eigenvalue weighted by Crippen LogP contribution is -2.00. The number of para-hydroxylation sites is 1. The van der Waals surface area contributed by atoms with Crippen molar-refractivity contribution >= 4 is 23.2 Å². The van der Waals surface area contributed by atoms with Crippen LogP contribution in [0.2, 0.25) is 0 Å². The molecule has 4 nitrogen and oxygen atoms in total. The number of hydrogen-bond donors (Lipinski definition) is 0. The second-order valence-corrected chi connectivity index (χ2v) is 4.87. The van der Waals surface area contributed by atoms with Gasteiger partial charge < -0.3 is 9.47 Å². The van der Waals surface area contributed by atoms with Crippen molar-refractivity contribution in [1.29, 1.82) is 5.26 Å². The van der Waals surface area contributed by atoms with E-state index in [1.165, 1.54) is 31.6 Å². The standard InChI is InChI=1S/C16H13NO3S/c1-19-14-5-3-4-11(16(14)20-2)8-13(9-17)15(18)12-6-7-21-10-12/h3-8,10H,1-2H3. The summed E-state index contributed by atoms with van der Waals surface area (Å²) in [7, 11) is 3.05. The van der Waals surface area contributed by atoms with E-state index < -0.39 is 0 Å². The monoisotopic (exact) mass is 299 g/mol. The number of nitriles is 1. The zero-order valence-electron chi connectivity index (χ0n) is 11.6. The molecule has 0 saturated heterocycles. The lowest BCUT2D eigenvalue weighted by molar-refractivity contribution is 0.104. The molecule has 1 aromatic heterocycles. The maximum atomic E-state index is 12.2. The molecule has 2 rings (SSSR count). The van der Waals surface area contributed by atoms with Gasteiger partial charge in [0.05, 0.1) is 14.2 Å². The molecule has 0 saturated carbocycles. The summed E-state index contributed by atoms with van der Waals surface area (Å²) in [4.78, 5) is 12.2. The van der Waals surface area contributed by atoms with Gasteiger partial charge in [-0.3, -0.25) is 4.79 Å². The van der Waals surface area contributed by atoms with E-state index in [0.717, 1.165) is 0 Å². The number of rotatable bonds is 5. The third kappa shape index (κ3) is 3.12. The molecule has 0 aliphatic rings. The van der Waals surface area contributed by atoms with Crippen LogP contribution in [0.15, 0.2) is 40.6 Å². The zero-order chi connectivity index (χ0) is 15.2. The maximum Gasteiger partial charge on any atom is 0.204 e. The number of ether oxygens (including phenoxy) is 2. The third-order valence-electron chi connectivity index (χ3n) is 2.88. The average molecular weight is 299 g/mol. The molecular formula is C16H13NO3S. The summed E-state index contributed by atoms with van der Waals surface area (Å²) >= 11 is 1.41. The van der Waals surface area contributed by atoms with Crippen LogP contribution >= 0.6 is 11.3 Å². The number of Topliss-reactive ketones (excluding diaryl/α,β-unsaturated/α-hetero) is 1. The van der Waals surface area contributed by atoms with Gasteiger partial charge in [0, 0.05) is 16.5 Å². The largest absolute Gasteiger partial charge is 0.493 e. The van der Waals surface area contributed by atoms with Crippen molar-refractivity contribution in [3.05, 3.63) is 51.7 Å². The van der Waals surface area contributed by atoms with Crippen LogP contribution in [-0.2, 0) is 0 Å². The molecule has 0 atom stereocenters. The summed E-state index contributed by atoms with van der Waals surface area (Å²) in [6.07, 6.45) is 1.52. The molecule has 0 radical (unpaired) electrons. The highest BCUT2D eigenvalue weighted by Crippen LogP contribution is 2.32. The molecule has 5 heteroatoms. The molecule has 0 amide bonds. The number of ketones is 1. The lowest BCUT2D eigenvalue weighted by atomic mass is 10.0. The Kier molecular flexibility index (Phi) is 4.75. The molecule has 0 unspecified atom stereocenters. The zero-order valence-corrected chi connectivity index (χ0v) is 12.4. The lowest BCUT2D eigenvalue weighted by Gasteiger charge is -2.10. The Morgan fingerprint density at radius 3 is 2.67 bits per heavy atom. The number of nitrogens with zero attached hydrogens (tertiary/aromatic N) is 1. The Morgan fingerprint density at radius 1 is 1.29 bits per heavy atom. The van der Waals surface area contributed by atoms with Gasteiger partial charge in [-0.15, -0.1) is 0 Å². The van der Waals surface area contributed by atoms with Crippen molar-refractivity contribution in [2.45, 2.75) is 0 Å². The van der Waals surface area contributed by atoms with Gasteiger partial charge in [-0.2, -0.15) is 16.6 Å². The average Bonchev–Trinajstić information content (AvgIpc) is 3.05. The smallest absolute Gasteiger partial charge is 0.204 e. The summed E-state index contributed by atoms with van der Waals surface area (Å²) in [5, 5.41) is 12.8. The van der Waals surface area contributed by atoms with E-state index >= 15 is 0 Å². The molecule has 106 valence electrons. The number of benzene rings is 1. The Labute approximate surface area is 126 Å². The van der Waals surface area contributed by atoms with E-state index in [1.54, 1.807) is 35.0 Å². The second-order valence-electron chi connectivity index (χ2n) is 4.09. The highest BCUT2D eigenvalue weighted by atomic mass is 32.1. The first-order chi connectivity index (χ1) is 10.2. The summed E-state index contributed by atoms with van der Waals surface area (Å²) in [6.45, 7) is 0. The molecule has 1 heterocycles. The predicted octanol–water partition coefficient (Wildman–Crippen LogP) is 3.56. The van der Waals surface area contributed by atoms with Gasteiger partial charge in [-0.25, -0.2) is 0 Å². The summed E-state index contributed by atoms with van der Waals surface area (Å²) in [6, 6.07) is 8.93. The summed E-state index contributed by atoms with van der Waals surface area (Å²) in [5.41, 5.74) is 1.19. The predicted molar refractivity (Wildman–Crippen MR) is 81.8 cm³/mol. The highest BCUT2D eigenvalue weighted by Gasteiger charge is 2.15. The van der Waals surface area contributed by atoms with Crippen molar-refractivity contribution in [2.24, 2.45) is 0 Å². The van der Waals surface area contributed by atoms with Crippen molar-refractivity contribution in [1.82, 2.24) is 0 Å². The van der Waals surface area contributed by atoms with Gasteiger partial charge in [-0.05, 0) is 23.6 Å². The topological polar surface area (TPSA) is 59.3 Å². The summed E-state index contributed by atoms with van der Waals surface area (Å²) in [5.74, 6) is 0.737. The molecule has 0 aliphatic heterocycles. The Morgan fingerprint density at radius 2 is 2.10 bits per heavy atom. The molecule has 0 bridgehead atoms. The first-order valence-electron chi connectivity index (χ1n) is 6.11. The Balaban J connectivity index is 2.46. The van der Waals surface area contributed by atoms with Crippen LogP contribution in [0.1, 0.15) is 15.9 Å². The third-order valence-corrected chi connectivity index (χ3v) is 3.56. The summed E-state index contributed by atoms with van der Waals surface area (Å²) < 4.78 is 10.5. The van der Waals surface area contributed by atoms with E-state index in [4.69, 9.17) is 9.47 Å². The minimum atomic E-state index is -0.302. The number of carbonyl (C=O) groups excluding carboxylic acids is 1. The van der Waals surface area contributed by atoms with Gasteiger partial charge in [0.25, 0.3) is 0 Å². The van der Waals surface area contributed by atoms with E-state index in [-0.39, 0.29) is 11.4 Å². The van der Waals surface area contributed by atoms with E-state index in [0.29, 0.717) is 22.6 Å². The Bertz CT molecular complexity index is 712. The van der Waals surface area contributed by atoms with Gasteiger partial charge >= 0.3 is 0 Å². The Hall–Kier alpha value is -2.58. The van der Waals surface area contributed by atoms with Crippen LogP contribution in [0.5, 0.6) is 11.5 Å². The first-order valence-corrected chi connectivity index (χ1v) is 7.05. The maximum absolute atomic E-state index is 12.2. The van der Waals surface area contributed by atoms with E-state index in [2.05, 4.69) is 0 Å². The van der Waals surface area contributed by atoms with Crippen molar-refractivity contribution in [3.63, 3.8) is 0 Å². The van der Waals surface area contributed by atoms with Crippen LogP contribution in [0, 0.1) is 11.3 Å². The quantitative estimate of drug-likeness (QED) is 0.481. The highest BCUT2D eigenvalue weighted by molar-refractivity contribution is 7.08. The van der Waals surface area contributed by atoms with Crippen LogP contribution in [0.25, 0.3) is 6.08 Å². The normalized spacial score (nSPS) is 10.8. The molecule has 2 aromatic rings. The number of allylic oxidation sites excluding steroid dienone is 1. The van der Waals surface area contributed by atoms with E-state index in [1.807, 2.05) is 6.07 Å². The minimum absolute atomic E-state index is 0.0555. The van der Waals surface area contributed by atoms with Gasteiger partial charge in [0.2, 0.25) is 5.78 Å². The van der Waals surface area contributed by atoms with Crippen LogP contribution < -0.4 is 9.47 Å². The van der Waals surface area contributed by atoms with Gasteiger partial charge in [-0.1, -0.05) is 12.1 Å². The fourth-order valence-corrected chi connectivity index (χ4v) is 2.51. The second kappa shape index (κ2) is 6.73. The number of carbonyl (C=O) groups is 1. The molecule has 0 N–H and O–H groups in total. The molecule has 1 aromatic carbocycles. The van der Waals surface area contributed by atoms with E-state index in [9.17, 15) is 10.1 Å². The van der Waals surface area contributed by atoms with Crippen LogP contribution in [0.4, 0.5) is 0 Å². The molecule has 0 fully saturated rings. The minimum Gasteiger partial charge on any atom is -0.493 e.